The van der Waals surface area contributed by atoms with Crippen molar-refractivity contribution in [1.29, 1.82) is 0 Å². The maximum atomic E-state index is 14.5. The van der Waals surface area contributed by atoms with Crippen molar-refractivity contribution in [2.24, 2.45) is 0 Å². The second-order valence-electron chi connectivity index (χ2n) is 7.30. The highest BCUT2D eigenvalue weighted by Gasteiger charge is 2.20. The number of hydrogen-bond acceptors (Lipinski definition) is 8. The molecule has 0 bridgehead atoms. The maximum absolute atomic E-state index is 14.5. The van der Waals surface area contributed by atoms with Crippen molar-refractivity contribution in [3.05, 3.63) is 60.2 Å². The molecule has 0 aliphatic carbocycles. The average Bonchev–Trinajstić information content (AvgIpc) is 3.57. The van der Waals surface area contributed by atoms with Crippen LogP contribution in [0.3, 0.4) is 0 Å². The first-order chi connectivity index (χ1) is 15.7. The molecule has 0 unspecified atom stereocenters. The van der Waals surface area contributed by atoms with E-state index in [0.29, 0.717) is 47.1 Å². The highest BCUT2D eigenvalue weighted by molar-refractivity contribution is 5.86. The fourth-order valence-electron chi connectivity index (χ4n) is 4.03. The Bertz CT molecular complexity index is 1480. The summed E-state index contributed by atoms with van der Waals surface area (Å²) in [5.74, 6) is 1.57. The van der Waals surface area contributed by atoms with E-state index in [1.807, 2.05) is 6.07 Å². The summed E-state index contributed by atoms with van der Waals surface area (Å²) >= 11 is 0. The monoisotopic (exact) mass is 432 g/mol. The zero-order chi connectivity index (χ0) is 21.7. The third-order valence-corrected chi connectivity index (χ3v) is 5.57. The Morgan fingerprint density at radius 2 is 2.16 bits per heavy atom. The number of benzene rings is 1. The first kappa shape index (κ1) is 18.5. The van der Waals surface area contributed by atoms with Crippen LogP contribution in [-0.2, 0) is 13.0 Å². The van der Waals surface area contributed by atoms with Crippen molar-refractivity contribution >= 4 is 17.2 Å². The summed E-state index contributed by atoms with van der Waals surface area (Å²) in [4.78, 5) is 8.91. The van der Waals surface area contributed by atoms with E-state index in [1.54, 1.807) is 40.8 Å². The summed E-state index contributed by atoms with van der Waals surface area (Å²) in [7, 11) is 1.59. The molecule has 1 aliphatic rings. The minimum absolute atomic E-state index is 0.256. The van der Waals surface area contributed by atoms with E-state index < -0.39 is 0 Å². The Morgan fingerprint density at radius 3 is 3.06 bits per heavy atom. The van der Waals surface area contributed by atoms with Crippen molar-refractivity contribution in [3.8, 4) is 22.6 Å². The van der Waals surface area contributed by atoms with Crippen LogP contribution in [0.5, 0.6) is 11.5 Å². The normalized spacial score (nSPS) is 12.8. The summed E-state index contributed by atoms with van der Waals surface area (Å²) < 4.78 is 28.8. The molecule has 1 aromatic carbocycles. The molecule has 1 aliphatic heterocycles. The molecule has 0 saturated carbocycles. The third-order valence-electron chi connectivity index (χ3n) is 5.57. The van der Waals surface area contributed by atoms with E-state index in [4.69, 9.17) is 9.47 Å². The highest BCUT2D eigenvalue weighted by Crippen LogP contribution is 2.32. The van der Waals surface area contributed by atoms with E-state index in [1.165, 1.54) is 12.4 Å². The summed E-state index contributed by atoms with van der Waals surface area (Å²) in [6.07, 6.45) is 7.14. The van der Waals surface area contributed by atoms with Crippen molar-refractivity contribution in [3.63, 3.8) is 0 Å². The maximum Gasteiger partial charge on any atom is 0.210 e. The Kier molecular flexibility index (Phi) is 4.13. The number of ether oxygens (including phenoxy) is 2. The van der Waals surface area contributed by atoms with Gasteiger partial charge < -0.3 is 14.8 Å². The number of nitrogens with zero attached hydrogens (tertiary/aromatic N) is 7. The highest BCUT2D eigenvalue weighted by atomic mass is 19.1. The van der Waals surface area contributed by atoms with Gasteiger partial charge in [-0.15, -0.1) is 10.2 Å². The third kappa shape index (κ3) is 2.82. The van der Waals surface area contributed by atoms with Crippen LogP contribution in [0.25, 0.3) is 22.4 Å². The first-order valence-electron chi connectivity index (χ1n) is 9.96. The minimum atomic E-state index is -0.274. The number of anilines is 1. The van der Waals surface area contributed by atoms with Gasteiger partial charge in [-0.2, -0.15) is 5.10 Å². The Balaban J connectivity index is 1.41. The van der Waals surface area contributed by atoms with Crippen LogP contribution in [-0.4, -0.2) is 47.9 Å². The van der Waals surface area contributed by atoms with Crippen molar-refractivity contribution in [1.82, 2.24) is 34.2 Å². The van der Waals surface area contributed by atoms with Crippen LogP contribution in [0, 0.1) is 5.82 Å². The molecular formula is C21H17FN8O2. The predicted octanol–water partition coefficient (Wildman–Crippen LogP) is 2.53. The second kappa shape index (κ2) is 7.15. The Labute approximate surface area is 180 Å². The Morgan fingerprint density at radius 1 is 1.22 bits per heavy atom. The van der Waals surface area contributed by atoms with Gasteiger partial charge in [-0.25, -0.2) is 18.9 Å². The minimum Gasteiger partial charge on any atom is -0.495 e. The molecule has 5 heterocycles. The molecule has 10 nitrogen and oxygen atoms in total. The van der Waals surface area contributed by atoms with Gasteiger partial charge in [0.25, 0.3) is 0 Å². The van der Waals surface area contributed by atoms with Crippen LogP contribution >= 0.6 is 0 Å². The summed E-state index contributed by atoms with van der Waals surface area (Å²) in [5, 5.41) is 15.7. The molecule has 11 heteroatoms. The predicted molar refractivity (Wildman–Crippen MR) is 112 cm³/mol. The largest absolute Gasteiger partial charge is 0.495 e. The second-order valence-corrected chi connectivity index (χ2v) is 7.30. The lowest BCUT2D eigenvalue weighted by Gasteiger charge is -2.13. The smallest absolute Gasteiger partial charge is 0.210 e. The van der Waals surface area contributed by atoms with Gasteiger partial charge in [0, 0.05) is 41.4 Å². The lowest BCUT2D eigenvalue weighted by molar-refractivity contribution is 0.356. The van der Waals surface area contributed by atoms with E-state index in [-0.39, 0.29) is 12.4 Å². The molecule has 0 saturated heterocycles. The molecule has 0 radical (unpaired) electrons. The number of pyridine rings is 1. The topological polar surface area (TPSA) is 104 Å². The van der Waals surface area contributed by atoms with Gasteiger partial charge in [-0.1, -0.05) is 0 Å². The molecule has 0 atom stereocenters. The SMILES string of the molecule is COc1cc(-c2cnc(NCc3c(F)ccc4c3CCO4)n3cnnc23)c2ncnn2c1. The van der Waals surface area contributed by atoms with Crippen molar-refractivity contribution < 1.29 is 13.9 Å². The van der Waals surface area contributed by atoms with Crippen LogP contribution < -0.4 is 14.8 Å². The number of hydrogen-bond donors (Lipinski definition) is 1. The van der Waals surface area contributed by atoms with Gasteiger partial charge in [-0.05, 0) is 18.2 Å². The van der Waals surface area contributed by atoms with Crippen LogP contribution in [0.4, 0.5) is 10.3 Å². The standard InChI is InChI=1S/C21H17FN8O2/c1-31-12-6-14(19-25-10-27-30(19)9-12)16-8-24-21(29-11-26-28-20(16)29)23-7-15-13-4-5-32-18(13)3-2-17(15)22/h2-3,6,8-11H,4-5,7H2,1H3,(H,23,24). The lowest BCUT2D eigenvalue weighted by atomic mass is 10.0. The fraction of sp³-hybridized carbons (Fsp3) is 0.190. The number of rotatable bonds is 5. The van der Waals surface area contributed by atoms with E-state index in [2.05, 4.69) is 30.6 Å². The molecule has 0 fully saturated rings. The quantitative estimate of drug-likeness (QED) is 0.452. The summed E-state index contributed by atoms with van der Waals surface area (Å²) in [6, 6.07) is 4.95. The van der Waals surface area contributed by atoms with Crippen molar-refractivity contribution in [2.75, 3.05) is 19.0 Å². The molecular weight excluding hydrogens is 415 g/mol. The van der Waals surface area contributed by atoms with Gasteiger partial charge in [0.15, 0.2) is 11.3 Å². The van der Waals surface area contributed by atoms with E-state index in [9.17, 15) is 4.39 Å². The van der Waals surface area contributed by atoms with E-state index >= 15 is 0 Å². The van der Waals surface area contributed by atoms with Gasteiger partial charge in [0.05, 0.1) is 19.9 Å². The Hall–Kier alpha value is -4.28. The molecule has 4 aromatic heterocycles. The molecule has 32 heavy (non-hydrogen) atoms. The molecule has 6 rings (SSSR count). The lowest BCUT2D eigenvalue weighted by Crippen LogP contribution is -2.10. The van der Waals surface area contributed by atoms with Crippen LogP contribution in [0.2, 0.25) is 0 Å². The van der Waals surface area contributed by atoms with Gasteiger partial charge in [0.2, 0.25) is 5.95 Å². The number of fused-ring (bicyclic) bond motifs is 3. The summed E-state index contributed by atoms with van der Waals surface area (Å²) in [6.45, 7) is 0.817. The first-order valence-corrected chi connectivity index (χ1v) is 9.96. The van der Waals surface area contributed by atoms with Crippen molar-refractivity contribution in [2.45, 2.75) is 13.0 Å². The number of halogens is 1. The fourth-order valence-corrected chi connectivity index (χ4v) is 4.03. The zero-order valence-electron chi connectivity index (χ0n) is 17.0. The number of nitrogens with one attached hydrogen (secondary N) is 1. The molecule has 5 aromatic rings. The molecule has 1 N–H and O–H groups in total. The van der Waals surface area contributed by atoms with Crippen LogP contribution in [0.15, 0.2) is 43.2 Å². The molecule has 0 amide bonds. The van der Waals surface area contributed by atoms with Crippen LogP contribution in [0.1, 0.15) is 11.1 Å². The molecule has 160 valence electrons. The zero-order valence-corrected chi connectivity index (χ0v) is 17.0. The number of methoxy groups -OCH3 is 1. The number of aromatic nitrogens is 7. The summed E-state index contributed by atoms with van der Waals surface area (Å²) in [5.41, 5.74) is 4.14. The average molecular weight is 432 g/mol. The van der Waals surface area contributed by atoms with Gasteiger partial charge in [-0.3, -0.25) is 4.40 Å². The van der Waals surface area contributed by atoms with E-state index in [0.717, 1.165) is 16.9 Å². The van der Waals surface area contributed by atoms with Gasteiger partial charge in [0.1, 0.15) is 30.0 Å². The van der Waals surface area contributed by atoms with Gasteiger partial charge >= 0.3 is 0 Å². The molecule has 0 spiro atoms.